The van der Waals surface area contributed by atoms with Gasteiger partial charge in [0.1, 0.15) is 5.75 Å². The summed E-state index contributed by atoms with van der Waals surface area (Å²) in [6, 6.07) is 11.2. The highest BCUT2D eigenvalue weighted by atomic mass is 79.9. The summed E-state index contributed by atoms with van der Waals surface area (Å²) in [4.78, 5) is 12.3. The van der Waals surface area contributed by atoms with Gasteiger partial charge in [-0.25, -0.2) is 13.1 Å². The Kier molecular flexibility index (Phi) is 7.56. The zero-order chi connectivity index (χ0) is 20.9. The molecular formula is C20H22BrClN2O4S. The number of ether oxygens (including phenoxy) is 1. The summed E-state index contributed by atoms with van der Waals surface area (Å²) in [7, 11) is -3.57. The van der Waals surface area contributed by atoms with Gasteiger partial charge < -0.3 is 10.1 Å². The first-order valence-electron chi connectivity index (χ1n) is 9.33. The van der Waals surface area contributed by atoms with Gasteiger partial charge in [0.05, 0.1) is 9.92 Å². The summed E-state index contributed by atoms with van der Waals surface area (Å²) in [5.41, 5.74) is 0.483. The fraction of sp³-hybridized carbons (Fsp3) is 0.350. The molecule has 1 amide bonds. The molecule has 0 bridgehead atoms. The van der Waals surface area contributed by atoms with Crippen molar-refractivity contribution in [2.75, 3.05) is 11.9 Å². The van der Waals surface area contributed by atoms with E-state index in [2.05, 4.69) is 26.0 Å². The van der Waals surface area contributed by atoms with Crippen LogP contribution in [0.5, 0.6) is 5.75 Å². The smallest absolute Gasteiger partial charge is 0.262 e. The topological polar surface area (TPSA) is 84.5 Å². The lowest BCUT2D eigenvalue weighted by Crippen LogP contribution is -2.36. The predicted molar refractivity (Wildman–Crippen MR) is 117 cm³/mol. The fourth-order valence-electron chi connectivity index (χ4n) is 3.16. The normalized spacial score (nSPS) is 15.1. The van der Waals surface area contributed by atoms with Gasteiger partial charge in [-0.05, 0) is 55.3 Å². The molecule has 6 nitrogen and oxygen atoms in total. The number of hydrogen-bond donors (Lipinski definition) is 2. The van der Waals surface area contributed by atoms with Crippen molar-refractivity contribution in [1.29, 1.82) is 0 Å². The van der Waals surface area contributed by atoms with Crippen LogP contribution in [0.2, 0.25) is 5.02 Å². The van der Waals surface area contributed by atoms with Gasteiger partial charge in [-0.1, -0.05) is 46.8 Å². The van der Waals surface area contributed by atoms with Gasteiger partial charge in [0.25, 0.3) is 5.91 Å². The van der Waals surface area contributed by atoms with Crippen molar-refractivity contribution in [3.05, 3.63) is 52.0 Å². The molecule has 3 rings (SSSR count). The van der Waals surface area contributed by atoms with Gasteiger partial charge in [0.2, 0.25) is 10.0 Å². The van der Waals surface area contributed by atoms with Crippen LogP contribution in [-0.2, 0) is 14.8 Å². The molecule has 0 aromatic heterocycles. The highest BCUT2D eigenvalue weighted by Crippen LogP contribution is 2.27. The van der Waals surface area contributed by atoms with Gasteiger partial charge in [-0.2, -0.15) is 0 Å². The molecule has 0 atom stereocenters. The second-order valence-corrected chi connectivity index (χ2v) is 9.93. The molecule has 0 aliphatic heterocycles. The maximum atomic E-state index is 12.5. The Bertz CT molecular complexity index is 961. The lowest BCUT2D eigenvalue weighted by molar-refractivity contribution is -0.118. The molecule has 0 saturated heterocycles. The molecule has 1 saturated carbocycles. The lowest BCUT2D eigenvalue weighted by Gasteiger charge is -2.22. The number of hydrogen-bond acceptors (Lipinski definition) is 4. The molecule has 1 aliphatic carbocycles. The second-order valence-electron chi connectivity index (χ2n) is 6.89. The van der Waals surface area contributed by atoms with Gasteiger partial charge in [-0.3, -0.25) is 4.79 Å². The van der Waals surface area contributed by atoms with E-state index in [-0.39, 0.29) is 23.5 Å². The van der Waals surface area contributed by atoms with E-state index in [1.807, 2.05) is 0 Å². The number of carbonyl (C=O) groups excluding carboxylic acids is 1. The molecule has 0 unspecified atom stereocenters. The number of anilines is 1. The van der Waals surface area contributed by atoms with Crippen molar-refractivity contribution < 1.29 is 17.9 Å². The summed E-state index contributed by atoms with van der Waals surface area (Å²) in [5.74, 6) is 0.0279. The van der Waals surface area contributed by atoms with Crippen LogP contribution in [0.25, 0.3) is 0 Å². The first-order valence-corrected chi connectivity index (χ1v) is 12.0. The molecule has 9 heteroatoms. The van der Waals surface area contributed by atoms with Crippen LogP contribution in [0, 0.1) is 0 Å². The molecular weight excluding hydrogens is 480 g/mol. The number of nitrogens with one attached hydrogen (secondary N) is 2. The van der Waals surface area contributed by atoms with Gasteiger partial charge in [0, 0.05) is 16.2 Å². The number of rotatable bonds is 7. The Balaban J connectivity index is 1.54. The zero-order valence-electron chi connectivity index (χ0n) is 15.7. The SMILES string of the molecule is O=C(COc1ccc(Br)cc1Cl)Nc1ccc(S(=O)(=O)NC2CCCCC2)cc1. The summed E-state index contributed by atoms with van der Waals surface area (Å²) in [6.07, 6.45) is 4.99. The summed E-state index contributed by atoms with van der Waals surface area (Å²) in [6.45, 7) is -0.218. The third kappa shape index (κ3) is 6.44. The summed E-state index contributed by atoms with van der Waals surface area (Å²) in [5, 5.41) is 3.07. The number of halogens is 2. The standard InChI is InChI=1S/C20H22BrClN2O4S/c21-14-6-11-19(18(22)12-14)28-13-20(25)23-15-7-9-17(10-8-15)29(26,27)24-16-4-2-1-3-5-16/h6-12,16,24H,1-5,13H2,(H,23,25). The quantitative estimate of drug-likeness (QED) is 0.574. The zero-order valence-corrected chi connectivity index (χ0v) is 18.8. The van der Waals surface area contributed by atoms with Crippen molar-refractivity contribution in [3.63, 3.8) is 0 Å². The van der Waals surface area contributed by atoms with E-state index in [1.165, 1.54) is 12.1 Å². The van der Waals surface area contributed by atoms with Crippen LogP contribution in [0.1, 0.15) is 32.1 Å². The molecule has 0 heterocycles. The first-order chi connectivity index (χ1) is 13.8. The molecule has 2 aromatic rings. The van der Waals surface area contributed by atoms with Crippen molar-refractivity contribution in [1.82, 2.24) is 4.72 Å². The van der Waals surface area contributed by atoms with Gasteiger partial charge >= 0.3 is 0 Å². The van der Waals surface area contributed by atoms with Crippen LogP contribution < -0.4 is 14.8 Å². The van der Waals surface area contributed by atoms with E-state index in [0.717, 1.165) is 36.6 Å². The molecule has 1 fully saturated rings. The van der Waals surface area contributed by atoms with E-state index >= 15 is 0 Å². The van der Waals surface area contributed by atoms with Crippen molar-refractivity contribution in [2.45, 2.75) is 43.0 Å². The third-order valence-electron chi connectivity index (χ3n) is 4.63. The second kappa shape index (κ2) is 9.93. The third-order valence-corrected chi connectivity index (χ3v) is 6.95. The number of carbonyl (C=O) groups is 1. The van der Waals surface area contributed by atoms with Crippen LogP contribution in [-0.4, -0.2) is 27.0 Å². The van der Waals surface area contributed by atoms with E-state index < -0.39 is 10.0 Å². The molecule has 2 aromatic carbocycles. The molecule has 2 N–H and O–H groups in total. The summed E-state index contributed by atoms with van der Waals surface area (Å²) < 4.78 is 34.0. The van der Waals surface area contributed by atoms with E-state index in [4.69, 9.17) is 16.3 Å². The van der Waals surface area contributed by atoms with Crippen LogP contribution in [0.4, 0.5) is 5.69 Å². The maximum absolute atomic E-state index is 12.5. The van der Waals surface area contributed by atoms with E-state index in [1.54, 1.807) is 30.3 Å². The Hall–Kier alpha value is -1.61. The molecule has 29 heavy (non-hydrogen) atoms. The van der Waals surface area contributed by atoms with E-state index in [0.29, 0.717) is 16.5 Å². The average Bonchev–Trinajstić information content (AvgIpc) is 2.68. The van der Waals surface area contributed by atoms with Crippen molar-refractivity contribution in [3.8, 4) is 5.75 Å². The largest absolute Gasteiger partial charge is 0.482 e. The molecule has 0 spiro atoms. The molecule has 0 radical (unpaired) electrons. The predicted octanol–water partition coefficient (Wildman–Crippen LogP) is 4.73. The van der Waals surface area contributed by atoms with Crippen LogP contribution >= 0.6 is 27.5 Å². The highest BCUT2D eigenvalue weighted by Gasteiger charge is 2.21. The lowest BCUT2D eigenvalue weighted by atomic mass is 9.96. The highest BCUT2D eigenvalue weighted by molar-refractivity contribution is 9.10. The van der Waals surface area contributed by atoms with Crippen molar-refractivity contribution >= 4 is 49.1 Å². The Labute approximate surface area is 184 Å². The van der Waals surface area contributed by atoms with Crippen LogP contribution in [0.15, 0.2) is 51.8 Å². The fourth-order valence-corrected chi connectivity index (χ4v) is 5.19. The number of sulfonamides is 1. The monoisotopic (exact) mass is 500 g/mol. The first kappa shape index (κ1) is 22.1. The number of benzene rings is 2. The summed E-state index contributed by atoms with van der Waals surface area (Å²) >= 11 is 9.35. The van der Waals surface area contributed by atoms with Gasteiger partial charge in [0.15, 0.2) is 6.61 Å². The molecule has 156 valence electrons. The Morgan fingerprint density at radius 1 is 1.10 bits per heavy atom. The van der Waals surface area contributed by atoms with Gasteiger partial charge in [-0.15, -0.1) is 0 Å². The van der Waals surface area contributed by atoms with Crippen molar-refractivity contribution in [2.24, 2.45) is 0 Å². The molecule has 1 aliphatic rings. The minimum absolute atomic E-state index is 0.00397. The minimum atomic E-state index is -3.57. The maximum Gasteiger partial charge on any atom is 0.262 e. The average molecular weight is 502 g/mol. The van der Waals surface area contributed by atoms with E-state index in [9.17, 15) is 13.2 Å². The Morgan fingerprint density at radius 3 is 2.45 bits per heavy atom. The number of amides is 1. The van der Waals surface area contributed by atoms with Crippen LogP contribution in [0.3, 0.4) is 0 Å². The Morgan fingerprint density at radius 2 is 1.79 bits per heavy atom. The minimum Gasteiger partial charge on any atom is -0.482 e.